The fourth-order valence-electron chi connectivity index (χ4n) is 3.04. The number of piperidine rings is 1. The number of benzene rings is 1. The van der Waals surface area contributed by atoms with Gasteiger partial charge in [0.2, 0.25) is 0 Å². The van der Waals surface area contributed by atoms with E-state index in [2.05, 4.69) is 42.2 Å². The summed E-state index contributed by atoms with van der Waals surface area (Å²) < 4.78 is 0. The molecule has 5 heteroatoms. The van der Waals surface area contributed by atoms with Crippen LogP contribution in [-0.4, -0.2) is 34.4 Å². The van der Waals surface area contributed by atoms with Gasteiger partial charge < -0.3 is 10.0 Å². The van der Waals surface area contributed by atoms with E-state index in [0.717, 1.165) is 36.5 Å². The number of hydrogen-bond donors (Lipinski definition) is 1. The van der Waals surface area contributed by atoms with Crippen molar-refractivity contribution in [2.45, 2.75) is 26.7 Å². The topological polar surface area (TPSA) is 66.3 Å². The maximum absolute atomic E-state index is 11.2. The van der Waals surface area contributed by atoms with Crippen LogP contribution in [0.15, 0.2) is 30.3 Å². The van der Waals surface area contributed by atoms with Crippen LogP contribution >= 0.6 is 0 Å². The van der Waals surface area contributed by atoms with Crippen molar-refractivity contribution in [3.63, 3.8) is 0 Å². The molecule has 1 aromatic carbocycles. The highest BCUT2D eigenvalue weighted by molar-refractivity contribution is 5.71. The highest BCUT2D eigenvalue weighted by Crippen LogP contribution is 2.25. The maximum Gasteiger partial charge on any atom is 0.308 e. The summed E-state index contributed by atoms with van der Waals surface area (Å²) in [5, 5.41) is 17.9. The lowest BCUT2D eigenvalue weighted by Crippen LogP contribution is -2.39. The second-order valence-corrected chi connectivity index (χ2v) is 6.22. The minimum absolute atomic E-state index is 0.316. The smallest absolute Gasteiger partial charge is 0.308 e. The second-order valence-electron chi connectivity index (χ2n) is 6.22. The van der Waals surface area contributed by atoms with Crippen molar-refractivity contribution in [1.82, 2.24) is 10.2 Å². The van der Waals surface area contributed by atoms with E-state index in [-0.39, 0.29) is 5.92 Å². The van der Waals surface area contributed by atoms with Gasteiger partial charge in [0.05, 0.1) is 11.6 Å². The largest absolute Gasteiger partial charge is 0.481 e. The van der Waals surface area contributed by atoms with E-state index >= 15 is 0 Å². The number of aliphatic carboxylic acids is 1. The van der Waals surface area contributed by atoms with E-state index < -0.39 is 5.97 Å². The molecule has 23 heavy (non-hydrogen) atoms. The summed E-state index contributed by atoms with van der Waals surface area (Å²) in [5.41, 5.74) is 4.30. The van der Waals surface area contributed by atoms with Crippen LogP contribution in [0, 0.1) is 19.8 Å². The first kappa shape index (κ1) is 15.5. The molecule has 0 saturated carbocycles. The van der Waals surface area contributed by atoms with Gasteiger partial charge in [-0.15, -0.1) is 10.2 Å². The molecule has 1 aliphatic heterocycles. The van der Waals surface area contributed by atoms with E-state index in [1.54, 1.807) is 0 Å². The number of carbonyl (C=O) groups is 1. The average molecular weight is 311 g/mol. The summed E-state index contributed by atoms with van der Waals surface area (Å²) in [6, 6.07) is 10.2. The molecule has 1 fully saturated rings. The van der Waals surface area contributed by atoms with Gasteiger partial charge in [-0.05, 0) is 50.5 Å². The third-order valence-corrected chi connectivity index (χ3v) is 4.41. The van der Waals surface area contributed by atoms with Crippen molar-refractivity contribution in [2.75, 3.05) is 18.0 Å². The number of carboxylic acids is 1. The molecule has 0 spiro atoms. The molecule has 0 radical (unpaired) electrons. The molecule has 1 aromatic heterocycles. The molecule has 120 valence electrons. The Labute approximate surface area is 136 Å². The predicted octanol–water partition coefficient (Wildman–Crippen LogP) is 3.06. The highest BCUT2D eigenvalue weighted by atomic mass is 16.4. The Bertz CT molecular complexity index is 713. The van der Waals surface area contributed by atoms with Crippen LogP contribution in [0.5, 0.6) is 0 Å². The van der Waals surface area contributed by atoms with Gasteiger partial charge in [0.15, 0.2) is 5.82 Å². The standard InChI is InChI=1S/C18H21N3O2/c1-12-5-6-13(2)15(10-12)16-7-8-17(20-19-16)21-9-3-4-14(11-21)18(22)23/h5-8,10,14H,3-4,9,11H2,1-2H3,(H,22,23). The van der Waals surface area contributed by atoms with Crippen molar-refractivity contribution in [3.8, 4) is 11.3 Å². The lowest BCUT2D eigenvalue weighted by Gasteiger charge is -2.31. The van der Waals surface area contributed by atoms with E-state index in [1.807, 2.05) is 17.0 Å². The van der Waals surface area contributed by atoms with Gasteiger partial charge in [-0.2, -0.15) is 0 Å². The minimum atomic E-state index is -0.727. The molecular formula is C18H21N3O2. The van der Waals surface area contributed by atoms with Crippen molar-refractivity contribution in [2.24, 2.45) is 5.92 Å². The van der Waals surface area contributed by atoms with Gasteiger partial charge in [-0.1, -0.05) is 17.7 Å². The Morgan fingerprint density at radius 1 is 1.22 bits per heavy atom. The van der Waals surface area contributed by atoms with E-state index in [4.69, 9.17) is 0 Å². The van der Waals surface area contributed by atoms with Gasteiger partial charge in [0.1, 0.15) is 0 Å². The van der Waals surface area contributed by atoms with Crippen LogP contribution in [0.3, 0.4) is 0 Å². The Balaban J connectivity index is 1.82. The summed E-state index contributed by atoms with van der Waals surface area (Å²) in [6.45, 7) is 5.46. The lowest BCUT2D eigenvalue weighted by molar-refractivity contribution is -0.141. The van der Waals surface area contributed by atoms with Gasteiger partial charge in [0, 0.05) is 18.7 Å². The van der Waals surface area contributed by atoms with Crippen molar-refractivity contribution in [1.29, 1.82) is 0 Å². The van der Waals surface area contributed by atoms with Crippen molar-refractivity contribution >= 4 is 11.8 Å². The molecule has 1 saturated heterocycles. The van der Waals surface area contributed by atoms with Crippen LogP contribution in [0.1, 0.15) is 24.0 Å². The maximum atomic E-state index is 11.2. The van der Waals surface area contributed by atoms with Crippen molar-refractivity contribution in [3.05, 3.63) is 41.5 Å². The molecule has 1 N–H and O–H groups in total. The minimum Gasteiger partial charge on any atom is -0.481 e. The summed E-state index contributed by atoms with van der Waals surface area (Å²) in [7, 11) is 0. The predicted molar refractivity (Wildman–Crippen MR) is 89.5 cm³/mol. The third kappa shape index (κ3) is 3.33. The van der Waals surface area contributed by atoms with Crippen LogP contribution in [0.25, 0.3) is 11.3 Å². The Kier molecular flexibility index (Phi) is 4.28. The first-order valence-electron chi connectivity index (χ1n) is 7.93. The van der Waals surface area contributed by atoms with Crippen LogP contribution in [-0.2, 0) is 4.79 Å². The summed E-state index contributed by atoms with van der Waals surface area (Å²) in [5.74, 6) is -0.288. The number of carboxylic acid groups (broad SMARTS) is 1. The molecule has 2 heterocycles. The van der Waals surface area contributed by atoms with Gasteiger partial charge in [0.25, 0.3) is 0 Å². The Morgan fingerprint density at radius 2 is 2.04 bits per heavy atom. The molecule has 0 amide bonds. The number of hydrogen-bond acceptors (Lipinski definition) is 4. The van der Waals surface area contributed by atoms with Crippen LogP contribution in [0.2, 0.25) is 0 Å². The van der Waals surface area contributed by atoms with E-state index in [0.29, 0.717) is 6.54 Å². The fourth-order valence-corrected chi connectivity index (χ4v) is 3.04. The zero-order valence-corrected chi connectivity index (χ0v) is 13.5. The second kappa shape index (κ2) is 6.36. The van der Waals surface area contributed by atoms with Crippen molar-refractivity contribution < 1.29 is 9.90 Å². The number of aromatic nitrogens is 2. The highest BCUT2D eigenvalue weighted by Gasteiger charge is 2.26. The number of anilines is 1. The first-order valence-corrected chi connectivity index (χ1v) is 7.93. The Hall–Kier alpha value is -2.43. The molecule has 1 aliphatic rings. The number of aryl methyl sites for hydroxylation is 2. The number of rotatable bonds is 3. The van der Waals surface area contributed by atoms with Gasteiger partial charge >= 0.3 is 5.97 Å². The molecular weight excluding hydrogens is 290 g/mol. The van der Waals surface area contributed by atoms with E-state index in [9.17, 15) is 9.90 Å². The Morgan fingerprint density at radius 3 is 2.74 bits per heavy atom. The van der Waals surface area contributed by atoms with Gasteiger partial charge in [-0.3, -0.25) is 4.79 Å². The molecule has 0 bridgehead atoms. The molecule has 2 aromatic rings. The molecule has 1 unspecified atom stereocenters. The SMILES string of the molecule is Cc1ccc(C)c(-c2ccc(N3CCCC(C(=O)O)C3)nn2)c1. The van der Waals surface area contributed by atoms with Gasteiger partial charge in [-0.25, -0.2) is 0 Å². The molecule has 0 aliphatic carbocycles. The third-order valence-electron chi connectivity index (χ3n) is 4.41. The lowest BCUT2D eigenvalue weighted by atomic mass is 9.98. The zero-order valence-electron chi connectivity index (χ0n) is 13.5. The molecule has 5 nitrogen and oxygen atoms in total. The molecule has 1 atom stereocenters. The zero-order chi connectivity index (χ0) is 16.4. The monoisotopic (exact) mass is 311 g/mol. The quantitative estimate of drug-likeness (QED) is 0.943. The summed E-state index contributed by atoms with van der Waals surface area (Å²) in [4.78, 5) is 13.2. The fraction of sp³-hybridized carbons (Fsp3) is 0.389. The molecule has 3 rings (SSSR count). The first-order chi connectivity index (χ1) is 11.0. The summed E-state index contributed by atoms with van der Waals surface area (Å²) >= 11 is 0. The number of nitrogens with zero attached hydrogens (tertiary/aromatic N) is 3. The van der Waals surface area contributed by atoms with Crippen LogP contribution in [0.4, 0.5) is 5.82 Å². The van der Waals surface area contributed by atoms with E-state index in [1.165, 1.54) is 11.1 Å². The summed E-state index contributed by atoms with van der Waals surface area (Å²) in [6.07, 6.45) is 1.61. The van der Waals surface area contributed by atoms with Crippen LogP contribution < -0.4 is 4.90 Å². The normalized spacial score (nSPS) is 18.0. The average Bonchev–Trinajstić information content (AvgIpc) is 2.57.